The summed E-state index contributed by atoms with van der Waals surface area (Å²) in [6, 6.07) is 15.1. The summed E-state index contributed by atoms with van der Waals surface area (Å²) >= 11 is 0. The SMILES string of the molecule is NCCNCCNCc1cccc(-c2ccc(Oc3ccc(C(F)(F)F)cn3)cc2)n1. The lowest BCUT2D eigenvalue weighted by atomic mass is 10.1. The molecule has 0 fully saturated rings. The summed E-state index contributed by atoms with van der Waals surface area (Å²) < 4.78 is 43.4. The van der Waals surface area contributed by atoms with E-state index in [1.165, 1.54) is 6.07 Å². The number of alkyl halides is 3. The first-order valence-electron chi connectivity index (χ1n) is 9.84. The van der Waals surface area contributed by atoms with Gasteiger partial charge in [0.05, 0.1) is 17.0 Å². The van der Waals surface area contributed by atoms with Gasteiger partial charge in [0.1, 0.15) is 5.75 Å². The summed E-state index contributed by atoms with van der Waals surface area (Å²) in [5.74, 6) is 0.562. The molecule has 4 N–H and O–H groups in total. The van der Waals surface area contributed by atoms with Crippen molar-refractivity contribution in [1.82, 2.24) is 20.6 Å². The lowest BCUT2D eigenvalue weighted by molar-refractivity contribution is -0.137. The zero-order valence-electron chi connectivity index (χ0n) is 16.8. The third kappa shape index (κ3) is 7.02. The highest BCUT2D eigenvalue weighted by Gasteiger charge is 2.30. The van der Waals surface area contributed by atoms with Crippen LogP contribution in [0.5, 0.6) is 11.6 Å². The average Bonchev–Trinajstić information content (AvgIpc) is 2.77. The van der Waals surface area contributed by atoms with Gasteiger partial charge in [0.15, 0.2) is 0 Å². The third-order valence-corrected chi connectivity index (χ3v) is 4.35. The van der Waals surface area contributed by atoms with Gasteiger partial charge < -0.3 is 21.1 Å². The van der Waals surface area contributed by atoms with E-state index in [2.05, 4.69) is 20.6 Å². The van der Waals surface area contributed by atoms with Gasteiger partial charge in [-0.2, -0.15) is 13.2 Å². The predicted molar refractivity (Wildman–Crippen MR) is 113 cm³/mol. The minimum Gasteiger partial charge on any atom is -0.439 e. The van der Waals surface area contributed by atoms with Gasteiger partial charge in [0, 0.05) is 50.6 Å². The number of benzene rings is 1. The molecule has 3 aromatic rings. The first-order valence-corrected chi connectivity index (χ1v) is 9.84. The first-order chi connectivity index (χ1) is 15.0. The van der Waals surface area contributed by atoms with Gasteiger partial charge in [-0.15, -0.1) is 0 Å². The molecule has 0 aliphatic carbocycles. The highest BCUT2D eigenvalue weighted by molar-refractivity contribution is 5.60. The summed E-state index contributed by atoms with van der Waals surface area (Å²) in [5, 5.41) is 6.54. The van der Waals surface area contributed by atoms with E-state index in [0.29, 0.717) is 18.8 Å². The van der Waals surface area contributed by atoms with E-state index in [-0.39, 0.29) is 5.88 Å². The number of rotatable bonds is 10. The third-order valence-electron chi connectivity index (χ3n) is 4.35. The summed E-state index contributed by atoms with van der Waals surface area (Å²) in [6.45, 7) is 3.72. The molecule has 0 spiro atoms. The summed E-state index contributed by atoms with van der Waals surface area (Å²) in [5.41, 5.74) is 7.26. The van der Waals surface area contributed by atoms with E-state index in [9.17, 15) is 13.2 Å². The van der Waals surface area contributed by atoms with Crippen LogP contribution < -0.4 is 21.1 Å². The van der Waals surface area contributed by atoms with Crippen LogP contribution in [0.15, 0.2) is 60.8 Å². The minimum absolute atomic E-state index is 0.0906. The fourth-order valence-electron chi connectivity index (χ4n) is 2.78. The molecule has 164 valence electrons. The van der Waals surface area contributed by atoms with Crippen LogP contribution in [0.25, 0.3) is 11.3 Å². The summed E-state index contributed by atoms with van der Waals surface area (Å²) in [4.78, 5) is 8.37. The number of nitrogens with one attached hydrogen (secondary N) is 2. The molecule has 2 heterocycles. The van der Waals surface area contributed by atoms with Crippen LogP contribution in [-0.2, 0) is 12.7 Å². The number of nitrogens with zero attached hydrogens (tertiary/aromatic N) is 2. The smallest absolute Gasteiger partial charge is 0.417 e. The highest BCUT2D eigenvalue weighted by Crippen LogP contribution is 2.30. The van der Waals surface area contributed by atoms with Crippen LogP contribution in [-0.4, -0.2) is 36.1 Å². The van der Waals surface area contributed by atoms with Crippen LogP contribution in [0.1, 0.15) is 11.3 Å². The summed E-state index contributed by atoms with van der Waals surface area (Å²) in [7, 11) is 0. The molecule has 0 amide bonds. The molecule has 0 unspecified atom stereocenters. The van der Waals surface area contributed by atoms with E-state index in [0.717, 1.165) is 48.8 Å². The average molecular weight is 431 g/mol. The van der Waals surface area contributed by atoms with Crippen molar-refractivity contribution in [2.45, 2.75) is 12.7 Å². The van der Waals surface area contributed by atoms with E-state index < -0.39 is 11.7 Å². The number of nitrogens with two attached hydrogens (primary N) is 1. The Labute approximate surface area is 178 Å². The van der Waals surface area contributed by atoms with Crippen molar-refractivity contribution in [2.24, 2.45) is 5.73 Å². The van der Waals surface area contributed by atoms with Crippen molar-refractivity contribution in [1.29, 1.82) is 0 Å². The van der Waals surface area contributed by atoms with Crippen molar-refractivity contribution in [2.75, 3.05) is 26.2 Å². The fraction of sp³-hybridized carbons (Fsp3) is 0.273. The quantitative estimate of drug-likeness (QED) is 0.426. The zero-order valence-corrected chi connectivity index (χ0v) is 16.8. The van der Waals surface area contributed by atoms with Gasteiger partial charge in [-0.3, -0.25) is 4.98 Å². The Morgan fingerprint density at radius 2 is 1.68 bits per heavy atom. The number of pyridine rings is 2. The van der Waals surface area contributed by atoms with Gasteiger partial charge in [-0.25, -0.2) is 4.98 Å². The van der Waals surface area contributed by atoms with Crippen molar-refractivity contribution in [3.8, 4) is 22.9 Å². The van der Waals surface area contributed by atoms with Gasteiger partial charge in [0.25, 0.3) is 0 Å². The van der Waals surface area contributed by atoms with Crippen LogP contribution >= 0.6 is 0 Å². The molecule has 0 atom stereocenters. The van der Waals surface area contributed by atoms with Crippen molar-refractivity contribution in [3.63, 3.8) is 0 Å². The number of aromatic nitrogens is 2. The molecule has 0 bridgehead atoms. The Balaban J connectivity index is 1.57. The molecule has 31 heavy (non-hydrogen) atoms. The molecule has 0 saturated carbocycles. The highest BCUT2D eigenvalue weighted by atomic mass is 19.4. The van der Waals surface area contributed by atoms with Gasteiger partial charge in [-0.1, -0.05) is 6.07 Å². The Kier molecular flexibility index (Phi) is 7.94. The molecule has 0 aliphatic rings. The van der Waals surface area contributed by atoms with Crippen molar-refractivity contribution >= 4 is 0 Å². The Hall–Kier alpha value is -3.01. The first kappa shape index (κ1) is 22.7. The van der Waals surface area contributed by atoms with Crippen molar-refractivity contribution < 1.29 is 17.9 Å². The molecule has 9 heteroatoms. The Morgan fingerprint density at radius 1 is 0.903 bits per heavy atom. The fourth-order valence-corrected chi connectivity index (χ4v) is 2.78. The van der Waals surface area contributed by atoms with Gasteiger partial charge >= 0.3 is 6.18 Å². The maximum Gasteiger partial charge on any atom is 0.417 e. The van der Waals surface area contributed by atoms with Crippen LogP contribution in [0.3, 0.4) is 0 Å². The van der Waals surface area contributed by atoms with E-state index in [4.69, 9.17) is 10.5 Å². The predicted octanol–water partition coefficient (Wildman–Crippen LogP) is 3.59. The van der Waals surface area contributed by atoms with E-state index in [1.807, 2.05) is 30.3 Å². The second-order valence-corrected chi connectivity index (χ2v) is 6.74. The zero-order chi connectivity index (χ0) is 22.1. The molecular formula is C22H24F3N5O. The minimum atomic E-state index is -4.42. The summed E-state index contributed by atoms with van der Waals surface area (Å²) in [6.07, 6.45) is -3.67. The maximum absolute atomic E-state index is 12.6. The molecule has 0 aliphatic heterocycles. The Morgan fingerprint density at radius 3 is 2.35 bits per heavy atom. The number of halogens is 3. The van der Waals surface area contributed by atoms with Crippen LogP contribution in [0.4, 0.5) is 13.2 Å². The molecule has 6 nitrogen and oxygen atoms in total. The molecule has 0 radical (unpaired) electrons. The monoisotopic (exact) mass is 431 g/mol. The largest absolute Gasteiger partial charge is 0.439 e. The van der Waals surface area contributed by atoms with Crippen LogP contribution in [0.2, 0.25) is 0 Å². The molecule has 3 rings (SSSR count). The molecule has 0 saturated heterocycles. The van der Waals surface area contributed by atoms with Gasteiger partial charge in [0.2, 0.25) is 5.88 Å². The number of ether oxygens (including phenoxy) is 1. The number of hydrogen-bond donors (Lipinski definition) is 3. The molecular weight excluding hydrogens is 407 g/mol. The molecule has 1 aromatic carbocycles. The topological polar surface area (TPSA) is 85.1 Å². The lowest BCUT2D eigenvalue weighted by Gasteiger charge is -2.09. The standard InChI is InChI=1S/C22H24F3N5O/c23-22(24,25)17-6-9-21(29-14-17)31-19-7-4-16(5-8-19)20-3-1-2-18(30-20)15-28-13-12-27-11-10-26/h1-9,14,27-28H,10-13,15,26H2. The lowest BCUT2D eigenvalue weighted by Crippen LogP contribution is -2.30. The van der Waals surface area contributed by atoms with Gasteiger partial charge in [-0.05, 0) is 42.5 Å². The Bertz CT molecular complexity index is 947. The van der Waals surface area contributed by atoms with E-state index in [1.54, 1.807) is 12.1 Å². The second kappa shape index (κ2) is 10.9. The molecule has 2 aromatic heterocycles. The number of hydrogen-bond acceptors (Lipinski definition) is 6. The second-order valence-electron chi connectivity index (χ2n) is 6.74. The van der Waals surface area contributed by atoms with Crippen molar-refractivity contribution in [3.05, 3.63) is 72.1 Å². The normalized spacial score (nSPS) is 11.5. The van der Waals surface area contributed by atoms with E-state index >= 15 is 0 Å². The maximum atomic E-state index is 12.6. The van der Waals surface area contributed by atoms with Crippen LogP contribution in [0, 0.1) is 0 Å².